The van der Waals surface area contributed by atoms with Crippen molar-refractivity contribution in [2.45, 2.75) is 0 Å². The normalized spacial score (nSPS) is 10.9. The summed E-state index contributed by atoms with van der Waals surface area (Å²) in [6.07, 6.45) is 1.83. The van der Waals surface area contributed by atoms with Gasteiger partial charge in [0, 0.05) is 22.3 Å². The van der Waals surface area contributed by atoms with Crippen molar-refractivity contribution in [2.75, 3.05) is 0 Å². The van der Waals surface area contributed by atoms with Crippen LogP contribution in [0.3, 0.4) is 0 Å². The van der Waals surface area contributed by atoms with Gasteiger partial charge >= 0.3 is 0 Å². The van der Waals surface area contributed by atoms with Crippen LogP contribution in [0.1, 0.15) is 0 Å². The van der Waals surface area contributed by atoms with Gasteiger partial charge in [-0.25, -0.2) is 9.97 Å². The second-order valence-corrected chi connectivity index (χ2v) is 7.28. The molecule has 3 heteroatoms. The molecule has 0 fully saturated rings. The van der Waals surface area contributed by atoms with Gasteiger partial charge in [-0.1, -0.05) is 90.5 Å². The van der Waals surface area contributed by atoms with Crippen molar-refractivity contribution in [1.82, 2.24) is 9.97 Å². The summed E-state index contributed by atoms with van der Waals surface area (Å²) < 4.78 is 0. The van der Waals surface area contributed by atoms with Gasteiger partial charge in [0.15, 0.2) is 5.82 Å². The molecule has 4 aromatic carbocycles. The predicted octanol–water partition coefficient (Wildman–Crippen LogP) is 7.28. The molecule has 0 aliphatic carbocycles. The molecule has 29 heavy (non-hydrogen) atoms. The van der Waals surface area contributed by atoms with E-state index in [0.717, 1.165) is 38.6 Å². The van der Waals surface area contributed by atoms with Crippen molar-refractivity contribution >= 4 is 22.4 Å². The highest BCUT2D eigenvalue weighted by Gasteiger charge is 2.11. The molecule has 2 nitrogen and oxygen atoms in total. The third kappa shape index (κ3) is 3.39. The smallest absolute Gasteiger partial charge is 0.159 e. The fraction of sp³-hybridized carbons (Fsp3) is 0. The van der Waals surface area contributed by atoms with E-state index >= 15 is 0 Å². The van der Waals surface area contributed by atoms with Gasteiger partial charge in [-0.15, -0.1) is 0 Å². The highest BCUT2D eigenvalue weighted by Crippen LogP contribution is 2.35. The summed E-state index contributed by atoms with van der Waals surface area (Å²) in [7, 11) is 0. The zero-order valence-corrected chi connectivity index (χ0v) is 16.3. The third-order valence-electron chi connectivity index (χ3n) is 5.04. The maximum atomic E-state index is 6.07. The van der Waals surface area contributed by atoms with Gasteiger partial charge < -0.3 is 0 Å². The van der Waals surface area contributed by atoms with E-state index in [1.807, 2.05) is 54.7 Å². The first-order valence-electron chi connectivity index (χ1n) is 9.46. The number of halogens is 1. The van der Waals surface area contributed by atoms with Gasteiger partial charge in [0.05, 0.1) is 5.69 Å². The van der Waals surface area contributed by atoms with E-state index in [-0.39, 0.29) is 0 Å². The van der Waals surface area contributed by atoms with Crippen molar-refractivity contribution < 1.29 is 0 Å². The number of hydrogen-bond donors (Lipinski definition) is 0. The molecule has 0 amide bonds. The van der Waals surface area contributed by atoms with Crippen molar-refractivity contribution in [3.05, 3.63) is 108 Å². The Bertz CT molecular complexity index is 1300. The lowest BCUT2D eigenvalue weighted by Crippen LogP contribution is -1.93. The number of benzene rings is 4. The molecule has 5 aromatic rings. The molecule has 0 radical (unpaired) electrons. The summed E-state index contributed by atoms with van der Waals surface area (Å²) in [4.78, 5) is 9.31. The SMILES string of the molecule is Clc1ccc(-c2ccc(-c3ccnc(-c4ccccc4)n3)c3ccccc23)cc1. The van der Waals surface area contributed by atoms with Crippen LogP contribution in [0.5, 0.6) is 0 Å². The molecule has 1 aromatic heterocycles. The van der Waals surface area contributed by atoms with Crippen molar-refractivity contribution in [3.8, 4) is 33.8 Å². The summed E-state index contributed by atoms with van der Waals surface area (Å²) >= 11 is 6.07. The zero-order chi connectivity index (χ0) is 19.6. The summed E-state index contributed by atoms with van der Waals surface area (Å²) in [5, 5.41) is 3.09. The van der Waals surface area contributed by atoms with E-state index in [2.05, 4.69) is 53.5 Å². The highest BCUT2D eigenvalue weighted by molar-refractivity contribution is 6.30. The standard InChI is InChI=1S/C26H17ClN2/c27-20-12-10-18(11-13-20)21-14-15-24(23-9-5-4-8-22(21)23)25-16-17-28-26(29-25)19-6-2-1-3-7-19/h1-17H. The first kappa shape index (κ1) is 17.6. The lowest BCUT2D eigenvalue weighted by atomic mass is 9.94. The van der Waals surface area contributed by atoms with E-state index in [1.54, 1.807) is 0 Å². The van der Waals surface area contributed by atoms with E-state index in [1.165, 1.54) is 10.9 Å². The van der Waals surface area contributed by atoms with Crippen LogP contribution in [0.2, 0.25) is 5.02 Å². The van der Waals surface area contributed by atoms with Crippen LogP contribution in [0.25, 0.3) is 44.5 Å². The van der Waals surface area contributed by atoms with Crippen LogP contribution in [-0.2, 0) is 0 Å². The first-order chi connectivity index (χ1) is 14.3. The zero-order valence-electron chi connectivity index (χ0n) is 15.6. The molecule has 0 atom stereocenters. The van der Waals surface area contributed by atoms with Gasteiger partial charge in [0.2, 0.25) is 0 Å². The third-order valence-corrected chi connectivity index (χ3v) is 5.29. The number of fused-ring (bicyclic) bond motifs is 1. The van der Waals surface area contributed by atoms with Crippen molar-refractivity contribution in [3.63, 3.8) is 0 Å². The number of rotatable bonds is 3. The molecule has 0 N–H and O–H groups in total. The Labute approximate surface area is 174 Å². The van der Waals surface area contributed by atoms with E-state index in [0.29, 0.717) is 0 Å². The molecular weight excluding hydrogens is 376 g/mol. The molecule has 0 bridgehead atoms. The largest absolute Gasteiger partial charge is 0.237 e. The van der Waals surface area contributed by atoms with Crippen LogP contribution in [0.4, 0.5) is 0 Å². The van der Waals surface area contributed by atoms with Gasteiger partial charge in [0.25, 0.3) is 0 Å². The monoisotopic (exact) mass is 392 g/mol. The second-order valence-electron chi connectivity index (χ2n) is 6.84. The number of nitrogens with zero attached hydrogens (tertiary/aromatic N) is 2. The quantitative estimate of drug-likeness (QED) is 0.322. The summed E-state index contributed by atoms with van der Waals surface area (Å²) in [5.41, 5.74) is 5.34. The predicted molar refractivity (Wildman–Crippen MR) is 121 cm³/mol. The van der Waals surface area contributed by atoms with Crippen molar-refractivity contribution in [1.29, 1.82) is 0 Å². The lowest BCUT2D eigenvalue weighted by Gasteiger charge is -2.12. The topological polar surface area (TPSA) is 25.8 Å². The summed E-state index contributed by atoms with van der Waals surface area (Å²) in [6, 6.07) is 32.7. The Kier molecular flexibility index (Phi) is 4.55. The average molecular weight is 393 g/mol. The first-order valence-corrected chi connectivity index (χ1v) is 9.84. The van der Waals surface area contributed by atoms with Crippen LogP contribution in [0, 0.1) is 0 Å². The molecule has 0 saturated carbocycles. The van der Waals surface area contributed by atoms with Crippen LogP contribution < -0.4 is 0 Å². The van der Waals surface area contributed by atoms with Crippen LogP contribution in [0.15, 0.2) is 103 Å². The highest BCUT2D eigenvalue weighted by atomic mass is 35.5. The second kappa shape index (κ2) is 7.50. The minimum absolute atomic E-state index is 0.731. The van der Waals surface area contributed by atoms with Gasteiger partial charge in [-0.2, -0.15) is 0 Å². The number of aromatic nitrogens is 2. The van der Waals surface area contributed by atoms with Gasteiger partial charge in [-0.3, -0.25) is 0 Å². The average Bonchev–Trinajstić information content (AvgIpc) is 2.80. The molecule has 138 valence electrons. The molecule has 0 aliphatic rings. The minimum atomic E-state index is 0.731. The lowest BCUT2D eigenvalue weighted by molar-refractivity contribution is 1.18. The Hall–Kier alpha value is -3.49. The van der Waals surface area contributed by atoms with E-state index in [4.69, 9.17) is 16.6 Å². The van der Waals surface area contributed by atoms with E-state index < -0.39 is 0 Å². The van der Waals surface area contributed by atoms with Crippen LogP contribution in [-0.4, -0.2) is 9.97 Å². The Balaban J connectivity index is 1.68. The number of hydrogen-bond acceptors (Lipinski definition) is 2. The fourth-order valence-corrected chi connectivity index (χ4v) is 3.76. The molecule has 1 heterocycles. The summed E-state index contributed by atoms with van der Waals surface area (Å²) in [5.74, 6) is 0.731. The van der Waals surface area contributed by atoms with Gasteiger partial charge in [-0.05, 0) is 40.1 Å². The molecule has 0 aliphatic heterocycles. The van der Waals surface area contributed by atoms with Crippen LogP contribution >= 0.6 is 11.6 Å². The Morgan fingerprint density at radius 2 is 1.21 bits per heavy atom. The maximum Gasteiger partial charge on any atom is 0.159 e. The molecule has 0 saturated heterocycles. The Morgan fingerprint density at radius 3 is 1.97 bits per heavy atom. The van der Waals surface area contributed by atoms with Gasteiger partial charge in [0.1, 0.15) is 0 Å². The summed E-state index contributed by atoms with van der Waals surface area (Å²) in [6.45, 7) is 0. The minimum Gasteiger partial charge on any atom is -0.237 e. The molecule has 0 spiro atoms. The Morgan fingerprint density at radius 1 is 0.552 bits per heavy atom. The molecule has 5 rings (SSSR count). The maximum absolute atomic E-state index is 6.07. The fourth-order valence-electron chi connectivity index (χ4n) is 3.64. The van der Waals surface area contributed by atoms with Crippen molar-refractivity contribution in [2.24, 2.45) is 0 Å². The van der Waals surface area contributed by atoms with E-state index in [9.17, 15) is 0 Å². The molecule has 0 unspecified atom stereocenters. The molecular formula is C26H17ClN2.